The molecule has 1 amide bonds. The van der Waals surface area contributed by atoms with E-state index in [1.807, 2.05) is 54.6 Å². The van der Waals surface area contributed by atoms with Crippen LogP contribution in [0.2, 0.25) is 0 Å². The predicted octanol–water partition coefficient (Wildman–Crippen LogP) is 3.73. The largest absolute Gasteiger partial charge is 0.449 e. The van der Waals surface area contributed by atoms with E-state index in [1.165, 1.54) is 0 Å². The van der Waals surface area contributed by atoms with Crippen LogP contribution in [0.15, 0.2) is 60.7 Å². The van der Waals surface area contributed by atoms with Crippen molar-refractivity contribution in [3.05, 3.63) is 66.2 Å². The lowest BCUT2D eigenvalue weighted by molar-refractivity contribution is -0.129. The first-order chi connectivity index (χ1) is 13.1. The van der Waals surface area contributed by atoms with E-state index < -0.39 is 12.1 Å². The van der Waals surface area contributed by atoms with Gasteiger partial charge in [0.25, 0.3) is 5.91 Å². The Kier molecular flexibility index (Phi) is 4.59. The minimum absolute atomic E-state index is 0.227. The van der Waals surface area contributed by atoms with Crippen molar-refractivity contribution in [2.75, 3.05) is 0 Å². The van der Waals surface area contributed by atoms with Crippen LogP contribution in [0.3, 0.4) is 0 Å². The standard InChI is InChI=1S/C22H20N2O3/c1-14(21(25)23-16-11-12-16)27-22(26)18-13-20(15-7-3-2-4-8-15)24-19-10-6-5-9-17(18)19/h2-10,13-14,16H,11-12H2,1H3,(H,23,25)/t14-/m1/s1. The molecule has 27 heavy (non-hydrogen) atoms. The van der Waals surface area contributed by atoms with Crippen molar-refractivity contribution in [3.63, 3.8) is 0 Å². The fraction of sp³-hybridized carbons (Fsp3) is 0.227. The van der Waals surface area contributed by atoms with Gasteiger partial charge in [0.1, 0.15) is 0 Å². The number of amides is 1. The number of carbonyl (C=O) groups is 2. The van der Waals surface area contributed by atoms with Crippen molar-refractivity contribution < 1.29 is 14.3 Å². The number of benzene rings is 2. The van der Waals surface area contributed by atoms with E-state index in [4.69, 9.17) is 4.74 Å². The van der Waals surface area contributed by atoms with E-state index >= 15 is 0 Å². The second kappa shape index (κ2) is 7.19. The van der Waals surface area contributed by atoms with Crippen LogP contribution in [-0.4, -0.2) is 29.0 Å². The van der Waals surface area contributed by atoms with Gasteiger partial charge in [0.2, 0.25) is 0 Å². The molecule has 5 nitrogen and oxygen atoms in total. The summed E-state index contributed by atoms with van der Waals surface area (Å²) in [7, 11) is 0. The number of para-hydroxylation sites is 1. The lowest BCUT2D eigenvalue weighted by Gasteiger charge is -2.15. The Morgan fingerprint density at radius 3 is 2.52 bits per heavy atom. The molecule has 3 aromatic rings. The van der Waals surface area contributed by atoms with E-state index in [9.17, 15) is 9.59 Å². The van der Waals surface area contributed by atoms with Crippen molar-refractivity contribution in [3.8, 4) is 11.3 Å². The fourth-order valence-corrected chi connectivity index (χ4v) is 2.92. The molecule has 1 aliphatic rings. The third-order valence-electron chi connectivity index (χ3n) is 4.58. The number of nitrogens with one attached hydrogen (secondary N) is 1. The molecule has 1 N–H and O–H groups in total. The lowest BCUT2D eigenvalue weighted by atomic mass is 10.0. The summed E-state index contributed by atoms with van der Waals surface area (Å²) in [6.07, 6.45) is 1.13. The minimum Gasteiger partial charge on any atom is -0.449 e. The topological polar surface area (TPSA) is 68.3 Å². The maximum Gasteiger partial charge on any atom is 0.339 e. The third kappa shape index (κ3) is 3.82. The first-order valence-corrected chi connectivity index (χ1v) is 9.08. The van der Waals surface area contributed by atoms with Crippen LogP contribution in [0.25, 0.3) is 22.2 Å². The summed E-state index contributed by atoms with van der Waals surface area (Å²) in [6.45, 7) is 1.59. The van der Waals surface area contributed by atoms with Gasteiger partial charge in [0.05, 0.1) is 16.8 Å². The van der Waals surface area contributed by atoms with Gasteiger partial charge < -0.3 is 10.1 Å². The van der Waals surface area contributed by atoms with E-state index in [1.54, 1.807) is 13.0 Å². The van der Waals surface area contributed by atoms with Gasteiger partial charge in [-0.3, -0.25) is 4.79 Å². The summed E-state index contributed by atoms with van der Waals surface area (Å²) in [6, 6.07) is 19.1. The molecular formula is C22H20N2O3. The Morgan fingerprint density at radius 2 is 1.78 bits per heavy atom. The summed E-state index contributed by atoms with van der Waals surface area (Å²) in [5.74, 6) is -0.781. The molecular weight excluding hydrogens is 340 g/mol. The molecule has 1 saturated carbocycles. The average molecular weight is 360 g/mol. The summed E-state index contributed by atoms with van der Waals surface area (Å²) >= 11 is 0. The maximum atomic E-state index is 12.8. The molecule has 1 atom stereocenters. The Hall–Kier alpha value is -3.21. The minimum atomic E-state index is -0.842. The fourth-order valence-electron chi connectivity index (χ4n) is 2.92. The Bertz CT molecular complexity index is 997. The van der Waals surface area contributed by atoms with Gasteiger partial charge in [-0.1, -0.05) is 48.5 Å². The lowest BCUT2D eigenvalue weighted by Crippen LogP contribution is -2.37. The maximum absolute atomic E-state index is 12.8. The van der Waals surface area contributed by atoms with Gasteiger partial charge in [-0.15, -0.1) is 0 Å². The summed E-state index contributed by atoms with van der Waals surface area (Å²) in [4.78, 5) is 29.6. The number of aromatic nitrogens is 1. The summed E-state index contributed by atoms with van der Waals surface area (Å²) in [5, 5.41) is 3.56. The molecule has 0 unspecified atom stereocenters. The van der Waals surface area contributed by atoms with Gasteiger partial charge in [-0.25, -0.2) is 9.78 Å². The highest BCUT2D eigenvalue weighted by molar-refractivity contribution is 6.05. The first-order valence-electron chi connectivity index (χ1n) is 9.08. The molecule has 1 fully saturated rings. The molecule has 0 spiro atoms. The molecule has 1 aromatic heterocycles. The zero-order chi connectivity index (χ0) is 18.8. The predicted molar refractivity (Wildman–Crippen MR) is 103 cm³/mol. The number of pyridine rings is 1. The Balaban J connectivity index is 1.66. The average Bonchev–Trinajstić information content (AvgIpc) is 3.51. The van der Waals surface area contributed by atoms with Crippen molar-refractivity contribution >= 4 is 22.8 Å². The van der Waals surface area contributed by atoms with Gasteiger partial charge >= 0.3 is 5.97 Å². The van der Waals surface area contributed by atoms with E-state index in [0.717, 1.165) is 18.4 Å². The number of hydrogen-bond donors (Lipinski definition) is 1. The first kappa shape index (κ1) is 17.2. The molecule has 0 saturated heterocycles. The van der Waals surface area contributed by atoms with Crippen LogP contribution in [0, 0.1) is 0 Å². The van der Waals surface area contributed by atoms with Crippen molar-refractivity contribution in [2.24, 2.45) is 0 Å². The highest BCUT2D eigenvalue weighted by Crippen LogP contribution is 2.26. The smallest absolute Gasteiger partial charge is 0.339 e. The normalized spacial score (nSPS) is 14.6. The number of ether oxygens (including phenoxy) is 1. The summed E-state index contributed by atoms with van der Waals surface area (Å²) in [5.41, 5.74) is 2.72. The van der Waals surface area contributed by atoms with Gasteiger partial charge in [0, 0.05) is 17.0 Å². The van der Waals surface area contributed by atoms with E-state index in [0.29, 0.717) is 22.2 Å². The molecule has 0 radical (unpaired) electrons. The van der Waals surface area contributed by atoms with Crippen molar-refractivity contribution in [1.82, 2.24) is 10.3 Å². The highest BCUT2D eigenvalue weighted by Gasteiger charge is 2.28. The molecule has 2 aromatic carbocycles. The van der Waals surface area contributed by atoms with Crippen molar-refractivity contribution in [2.45, 2.75) is 31.9 Å². The van der Waals surface area contributed by atoms with Crippen LogP contribution in [0.4, 0.5) is 0 Å². The monoisotopic (exact) mass is 360 g/mol. The molecule has 0 bridgehead atoms. The number of rotatable bonds is 5. The number of fused-ring (bicyclic) bond motifs is 1. The van der Waals surface area contributed by atoms with Crippen LogP contribution in [0.5, 0.6) is 0 Å². The van der Waals surface area contributed by atoms with Crippen LogP contribution in [0.1, 0.15) is 30.1 Å². The second-order valence-corrected chi connectivity index (χ2v) is 6.77. The van der Waals surface area contributed by atoms with Crippen LogP contribution >= 0.6 is 0 Å². The SMILES string of the molecule is C[C@@H](OC(=O)c1cc(-c2ccccc2)nc2ccccc12)C(=O)NC1CC1. The zero-order valence-corrected chi connectivity index (χ0v) is 15.0. The highest BCUT2D eigenvalue weighted by atomic mass is 16.5. The number of carbonyl (C=O) groups excluding carboxylic acids is 2. The Labute approximate surface area is 157 Å². The van der Waals surface area contributed by atoms with Crippen molar-refractivity contribution in [1.29, 1.82) is 0 Å². The van der Waals surface area contributed by atoms with Gasteiger partial charge in [-0.05, 0) is 31.9 Å². The number of hydrogen-bond acceptors (Lipinski definition) is 4. The second-order valence-electron chi connectivity index (χ2n) is 6.77. The molecule has 4 rings (SSSR count). The molecule has 1 aliphatic carbocycles. The van der Waals surface area contributed by atoms with Crippen LogP contribution in [-0.2, 0) is 9.53 Å². The van der Waals surface area contributed by atoms with E-state index in [-0.39, 0.29) is 11.9 Å². The molecule has 136 valence electrons. The van der Waals surface area contributed by atoms with E-state index in [2.05, 4.69) is 10.3 Å². The zero-order valence-electron chi connectivity index (χ0n) is 15.0. The number of esters is 1. The van der Waals surface area contributed by atoms with Crippen LogP contribution < -0.4 is 5.32 Å². The molecule has 5 heteroatoms. The quantitative estimate of drug-likeness (QED) is 0.704. The molecule has 0 aliphatic heterocycles. The molecule has 1 heterocycles. The Morgan fingerprint density at radius 1 is 1.07 bits per heavy atom. The van der Waals surface area contributed by atoms with Gasteiger partial charge in [-0.2, -0.15) is 0 Å². The third-order valence-corrected chi connectivity index (χ3v) is 4.58. The van der Waals surface area contributed by atoms with Gasteiger partial charge in [0.15, 0.2) is 6.10 Å². The number of nitrogens with zero attached hydrogens (tertiary/aromatic N) is 1. The summed E-state index contributed by atoms with van der Waals surface area (Å²) < 4.78 is 5.45.